The van der Waals surface area contributed by atoms with Crippen LogP contribution in [0.15, 0.2) is 24.3 Å². The second kappa shape index (κ2) is 9.03. The maximum absolute atomic E-state index is 12.9. The molecule has 1 aromatic carbocycles. The van der Waals surface area contributed by atoms with E-state index in [1.807, 2.05) is 13.8 Å². The Morgan fingerprint density at radius 3 is 2.50 bits per heavy atom. The van der Waals surface area contributed by atoms with Gasteiger partial charge >= 0.3 is 5.97 Å². The Hall–Kier alpha value is -2.08. The number of nitrogens with zero attached hydrogens (tertiary/aromatic N) is 1. The second-order valence-corrected chi connectivity index (χ2v) is 7.56. The van der Waals surface area contributed by atoms with E-state index in [-0.39, 0.29) is 24.3 Å². The lowest BCUT2D eigenvalue weighted by atomic mass is 9.96. The zero-order chi connectivity index (χ0) is 19.3. The number of rotatable bonds is 6. The number of carbonyl (C=O) groups is 3. The average Bonchev–Trinajstić information content (AvgIpc) is 2.60. The van der Waals surface area contributed by atoms with Crippen molar-refractivity contribution in [1.82, 2.24) is 10.2 Å². The van der Waals surface area contributed by atoms with E-state index in [0.29, 0.717) is 36.4 Å². The van der Waals surface area contributed by atoms with Crippen LogP contribution in [0.4, 0.5) is 0 Å². The van der Waals surface area contributed by atoms with E-state index < -0.39 is 17.9 Å². The summed E-state index contributed by atoms with van der Waals surface area (Å²) in [5, 5.41) is 12.6. The monoisotopic (exact) mass is 380 g/mol. The summed E-state index contributed by atoms with van der Waals surface area (Å²) in [6, 6.07) is 5.78. The smallest absolute Gasteiger partial charge is 0.308 e. The molecule has 26 heavy (non-hydrogen) atoms. The molecule has 1 saturated heterocycles. The number of benzene rings is 1. The molecule has 2 unspecified atom stereocenters. The summed E-state index contributed by atoms with van der Waals surface area (Å²) in [5.74, 6) is -1.78. The highest BCUT2D eigenvalue weighted by molar-refractivity contribution is 6.30. The lowest BCUT2D eigenvalue weighted by Crippen LogP contribution is -2.52. The van der Waals surface area contributed by atoms with Crippen LogP contribution >= 0.6 is 11.6 Å². The van der Waals surface area contributed by atoms with Crippen molar-refractivity contribution in [2.24, 2.45) is 11.8 Å². The first kappa shape index (κ1) is 20.2. The second-order valence-electron chi connectivity index (χ2n) is 7.12. The van der Waals surface area contributed by atoms with E-state index in [2.05, 4.69) is 5.32 Å². The van der Waals surface area contributed by atoms with Crippen molar-refractivity contribution in [3.05, 3.63) is 34.9 Å². The maximum Gasteiger partial charge on any atom is 0.308 e. The lowest BCUT2D eigenvalue weighted by molar-refractivity contribution is -0.146. The number of amides is 2. The fourth-order valence-corrected chi connectivity index (χ4v) is 3.26. The number of likely N-dealkylation sites (tertiary alicyclic amines) is 1. The third-order valence-corrected chi connectivity index (χ3v) is 4.75. The van der Waals surface area contributed by atoms with Crippen molar-refractivity contribution in [3.8, 4) is 0 Å². The van der Waals surface area contributed by atoms with Crippen molar-refractivity contribution in [2.45, 2.75) is 39.2 Å². The van der Waals surface area contributed by atoms with Crippen molar-refractivity contribution in [1.29, 1.82) is 0 Å². The third kappa shape index (κ3) is 5.46. The number of halogens is 1. The number of nitrogens with one attached hydrogen (secondary N) is 1. The molecule has 6 nitrogen and oxygen atoms in total. The molecule has 7 heteroatoms. The van der Waals surface area contributed by atoms with Gasteiger partial charge in [0, 0.05) is 23.7 Å². The van der Waals surface area contributed by atoms with Gasteiger partial charge < -0.3 is 15.3 Å². The Morgan fingerprint density at radius 1 is 1.27 bits per heavy atom. The van der Waals surface area contributed by atoms with Gasteiger partial charge in [-0.3, -0.25) is 14.4 Å². The minimum Gasteiger partial charge on any atom is -0.481 e. The van der Waals surface area contributed by atoms with Crippen LogP contribution in [-0.4, -0.2) is 46.9 Å². The zero-order valence-corrected chi connectivity index (χ0v) is 15.8. The molecule has 0 bridgehead atoms. The van der Waals surface area contributed by atoms with Gasteiger partial charge in [0.05, 0.1) is 5.92 Å². The molecule has 0 aromatic heterocycles. The maximum atomic E-state index is 12.9. The van der Waals surface area contributed by atoms with E-state index >= 15 is 0 Å². The van der Waals surface area contributed by atoms with Gasteiger partial charge in [0.2, 0.25) is 5.91 Å². The molecule has 2 rings (SSSR count). The number of piperidine rings is 1. The van der Waals surface area contributed by atoms with Gasteiger partial charge in [0.25, 0.3) is 5.91 Å². The highest BCUT2D eigenvalue weighted by Crippen LogP contribution is 2.19. The predicted octanol–water partition coefficient (Wildman–Crippen LogP) is 2.81. The molecule has 0 aliphatic carbocycles. The normalized spacial score (nSPS) is 18.5. The van der Waals surface area contributed by atoms with Crippen LogP contribution in [0.2, 0.25) is 5.02 Å². The van der Waals surface area contributed by atoms with E-state index in [9.17, 15) is 19.5 Å². The third-order valence-electron chi connectivity index (χ3n) is 4.50. The molecule has 1 aliphatic rings. The summed E-state index contributed by atoms with van der Waals surface area (Å²) in [6.45, 7) is 4.67. The average molecular weight is 381 g/mol. The first-order chi connectivity index (χ1) is 12.3. The highest BCUT2D eigenvalue weighted by Gasteiger charge is 2.32. The summed E-state index contributed by atoms with van der Waals surface area (Å²) in [6.07, 6.45) is 1.72. The van der Waals surface area contributed by atoms with Gasteiger partial charge in [-0.05, 0) is 49.4 Å². The molecule has 1 heterocycles. The molecular formula is C19H25ClN2O4. The van der Waals surface area contributed by atoms with Gasteiger partial charge in [-0.1, -0.05) is 25.4 Å². The summed E-state index contributed by atoms with van der Waals surface area (Å²) >= 11 is 5.84. The molecule has 0 saturated carbocycles. The van der Waals surface area contributed by atoms with Gasteiger partial charge in [0.15, 0.2) is 0 Å². The van der Waals surface area contributed by atoms with Crippen molar-refractivity contribution in [2.75, 3.05) is 13.1 Å². The fraction of sp³-hybridized carbons (Fsp3) is 0.526. The van der Waals surface area contributed by atoms with Gasteiger partial charge in [-0.2, -0.15) is 0 Å². The van der Waals surface area contributed by atoms with Crippen LogP contribution in [0.5, 0.6) is 0 Å². The largest absolute Gasteiger partial charge is 0.481 e. The van der Waals surface area contributed by atoms with E-state index in [1.54, 1.807) is 29.2 Å². The summed E-state index contributed by atoms with van der Waals surface area (Å²) in [7, 11) is 0. The number of carboxylic acids is 1. The molecule has 142 valence electrons. The lowest BCUT2D eigenvalue weighted by Gasteiger charge is -2.34. The number of hydrogen-bond acceptors (Lipinski definition) is 3. The van der Waals surface area contributed by atoms with Crippen LogP contribution < -0.4 is 5.32 Å². The highest BCUT2D eigenvalue weighted by atomic mass is 35.5. The summed E-state index contributed by atoms with van der Waals surface area (Å²) < 4.78 is 0. The minimum atomic E-state index is -0.881. The molecule has 1 aromatic rings. The number of carboxylic acid groups (broad SMARTS) is 1. The quantitative estimate of drug-likeness (QED) is 0.794. The van der Waals surface area contributed by atoms with Crippen LogP contribution in [0, 0.1) is 11.8 Å². The molecule has 2 amide bonds. The standard InChI is InChI=1S/C19H25ClN2O4/c1-12(2)10-16(21-17(23)13-5-7-15(20)8-6-13)18(24)22-9-3-4-14(11-22)19(25)26/h5-8,12,14,16H,3-4,9-11H2,1-2H3,(H,21,23)(H,25,26). The zero-order valence-electron chi connectivity index (χ0n) is 15.1. The first-order valence-electron chi connectivity index (χ1n) is 8.86. The van der Waals surface area contributed by atoms with Crippen molar-refractivity contribution in [3.63, 3.8) is 0 Å². The van der Waals surface area contributed by atoms with Crippen LogP contribution in [0.25, 0.3) is 0 Å². The van der Waals surface area contributed by atoms with E-state index in [0.717, 1.165) is 0 Å². The Morgan fingerprint density at radius 2 is 1.92 bits per heavy atom. The van der Waals surface area contributed by atoms with Crippen LogP contribution in [-0.2, 0) is 9.59 Å². The molecule has 2 N–H and O–H groups in total. The van der Waals surface area contributed by atoms with Gasteiger partial charge in [0.1, 0.15) is 6.04 Å². The fourth-order valence-electron chi connectivity index (χ4n) is 3.13. The van der Waals surface area contributed by atoms with Crippen molar-refractivity contribution < 1.29 is 19.5 Å². The minimum absolute atomic E-state index is 0.194. The predicted molar refractivity (Wildman–Crippen MR) is 99.1 cm³/mol. The molecule has 1 aliphatic heterocycles. The molecular weight excluding hydrogens is 356 g/mol. The molecule has 0 radical (unpaired) electrons. The Kier molecular flexibility index (Phi) is 7.03. The van der Waals surface area contributed by atoms with Gasteiger partial charge in [-0.25, -0.2) is 0 Å². The van der Waals surface area contributed by atoms with Gasteiger partial charge in [-0.15, -0.1) is 0 Å². The Bertz CT molecular complexity index is 660. The SMILES string of the molecule is CC(C)CC(NC(=O)c1ccc(Cl)cc1)C(=O)N1CCCC(C(=O)O)C1. The first-order valence-corrected chi connectivity index (χ1v) is 9.23. The molecule has 1 fully saturated rings. The Balaban J connectivity index is 2.10. The number of aliphatic carboxylic acids is 1. The van der Waals surface area contributed by atoms with Crippen LogP contribution in [0.3, 0.4) is 0 Å². The van der Waals surface area contributed by atoms with E-state index in [1.165, 1.54) is 0 Å². The topological polar surface area (TPSA) is 86.7 Å². The van der Waals surface area contributed by atoms with Crippen molar-refractivity contribution >= 4 is 29.4 Å². The van der Waals surface area contributed by atoms with Crippen LogP contribution in [0.1, 0.15) is 43.5 Å². The Labute approximate surface area is 158 Å². The summed E-state index contributed by atoms with van der Waals surface area (Å²) in [4.78, 5) is 38.2. The number of hydrogen-bond donors (Lipinski definition) is 2. The summed E-state index contributed by atoms with van der Waals surface area (Å²) in [5.41, 5.74) is 0.429. The van der Waals surface area contributed by atoms with E-state index in [4.69, 9.17) is 11.6 Å². The molecule has 0 spiro atoms. The number of carbonyl (C=O) groups excluding carboxylic acids is 2. The molecule has 2 atom stereocenters.